The lowest BCUT2D eigenvalue weighted by molar-refractivity contribution is -0.426. The molecule has 5 fully saturated rings. The van der Waals surface area contributed by atoms with Crippen LogP contribution in [0.15, 0.2) is 42.5 Å². The fraction of sp³-hybridized carbons (Fsp3) is 0.542. The number of rotatable bonds is 3. The Morgan fingerprint density at radius 2 is 1.67 bits per heavy atom. The molecule has 138 valence electrons. The van der Waals surface area contributed by atoms with Crippen molar-refractivity contribution in [3.8, 4) is 0 Å². The molecule has 1 amide bonds. The molecular weight excluding hydrogens is 332 g/mol. The highest BCUT2D eigenvalue weighted by Crippen LogP contribution is 2.88. The molecule has 4 saturated carbocycles. The molecule has 2 aromatic rings. The Bertz CT molecular complexity index is 988. The molecule has 1 saturated heterocycles. The number of hydrogen-bond donors (Lipinski definition) is 0. The molecule has 3 nitrogen and oxygen atoms in total. The van der Waals surface area contributed by atoms with E-state index in [2.05, 4.69) is 66.3 Å². The average Bonchev–Trinajstić information content (AvgIpc) is 2.61. The number of benzene rings is 2. The second kappa shape index (κ2) is 4.41. The molecule has 1 spiro atoms. The zero-order valence-corrected chi connectivity index (χ0v) is 16.1. The van der Waals surface area contributed by atoms with Crippen molar-refractivity contribution in [2.45, 2.75) is 51.2 Å². The second-order valence-corrected chi connectivity index (χ2v) is 10.3. The third-order valence-electron chi connectivity index (χ3n) is 9.23. The van der Waals surface area contributed by atoms with Gasteiger partial charge >= 0.3 is 0 Å². The number of carbonyl (C=O) groups excluding carboxylic acids is 1. The third-order valence-corrected chi connectivity index (χ3v) is 9.23. The van der Waals surface area contributed by atoms with E-state index >= 15 is 0 Å². The summed E-state index contributed by atoms with van der Waals surface area (Å²) in [5.41, 5.74) is 1.63. The minimum Gasteiger partial charge on any atom is -0.271 e. The van der Waals surface area contributed by atoms with Crippen molar-refractivity contribution in [3.05, 3.63) is 48.0 Å². The maximum atomic E-state index is 13.1. The fourth-order valence-corrected chi connectivity index (χ4v) is 7.89. The molecule has 4 atom stereocenters. The van der Waals surface area contributed by atoms with Crippen LogP contribution in [-0.2, 0) is 11.3 Å². The van der Waals surface area contributed by atoms with Crippen LogP contribution in [0.4, 0.5) is 0 Å². The van der Waals surface area contributed by atoms with Crippen molar-refractivity contribution >= 4 is 16.7 Å². The van der Waals surface area contributed by atoms with Gasteiger partial charge in [-0.25, -0.2) is 0 Å². The number of hydrazine groups is 1. The lowest BCUT2D eigenvalue weighted by Crippen LogP contribution is -2.92. The van der Waals surface area contributed by atoms with Crippen LogP contribution in [0.2, 0.25) is 0 Å². The van der Waals surface area contributed by atoms with Gasteiger partial charge in [-0.1, -0.05) is 36.4 Å². The number of fused-ring (bicyclic) bond motifs is 1. The predicted molar refractivity (Wildman–Crippen MR) is 104 cm³/mol. The van der Waals surface area contributed by atoms with Crippen molar-refractivity contribution in [1.29, 1.82) is 0 Å². The largest absolute Gasteiger partial charge is 0.271 e. The molecular formula is C24H26N2O. The fourth-order valence-electron chi connectivity index (χ4n) is 7.89. The van der Waals surface area contributed by atoms with Gasteiger partial charge in [-0.05, 0) is 84.6 Å². The number of nitrogens with zero attached hydrogens (tertiary/aromatic N) is 2. The van der Waals surface area contributed by atoms with Crippen LogP contribution in [0.25, 0.3) is 10.8 Å². The van der Waals surface area contributed by atoms with E-state index in [0.717, 1.165) is 30.2 Å². The van der Waals surface area contributed by atoms with Gasteiger partial charge in [-0.2, -0.15) is 5.01 Å². The molecule has 0 bridgehead atoms. The number of amides is 1. The van der Waals surface area contributed by atoms with Crippen LogP contribution in [0, 0.1) is 29.1 Å². The highest BCUT2D eigenvalue weighted by atomic mass is 16.2. The summed E-state index contributed by atoms with van der Waals surface area (Å²) in [6.07, 6.45) is 4.25. The first-order chi connectivity index (χ1) is 13.0. The Kier molecular flexibility index (Phi) is 2.46. The Balaban J connectivity index is 1.19. The summed E-state index contributed by atoms with van der Waals surface area (Å²) in [5, 5.41) is 7.13. The van der Waals surface area contributed by atoms with Crippen LogP contribution in [-0.4, -0.2) is 27.5 Å². The maximum Gasteiger partial charge on any atom is 0.258 e. The quantitative estimate of drug-likeness (QED) is 0.820. The molecule has 4 aliphatic carbocycles. The first-order valence-corrected chi connectivity index (χ1v) is 10.6. The van der Waals surface area contributed by atoms with Gasteiger partial charge in [0.15, 0.2) is 0 Å². The molecule has 2 aromatic carbocycles. The maximum absolute atomic E-state index is 13.1. The van der Waals surface area contributed by atoms with Gasteiger partial charge in [0.2, 0.25) is 0 Å². The van der Waals surface area contributed by atoms with E-state index in [-0.39, 0.29) is 5.54 Å². The van der Waals surface area contributed by atoms with E-state index < -0.39 is 0 Å². The van der Waals surface area contributed by atoms with Gasteiger partial charge < -0.3 is 0 Å². The van der Waals surface area contributed by atoms with Crippen LogP contribution in [0.3, 0.4) is 0 Å². The summed E-state index contributed by atoms with van der Waals surface area (Å²) >= 11 is 0. The van der Waals surface area contributed by atoms with Gasteiger partial charge in [0.1, 0.15) is 5.54 Å². The highest BCUT2D eigenvalue weighted by molar-refractivity contribution is 5.91. The average molecular weight is 358 g/mol. The molecule has 4 unspecified atom stereocenters. The van der Waals surface area contributed by atoms with Gasteiger partial charge in [0.05, 0.1) is 6.04 Å². The molecule has 1 heterocycles. The summed E-state index contributed by atoms with van der Waals surface area (Å²) in [5.74, 6) is 3.98. The van der Waals surface area contributed by atoms with Crippen LogP contribution in [0.5, 0.6) is 0 Å². The van der Waals surface area contributed by atoms with Crippen molar-refractivity contribution in [1.82, 2.24) is 10.0 Å². The summed E-state index contributed by atoms with van der Waals surface area (Å²) in [6, 6.07) is 15.8. The summed E-state index contributed by atoms with van der Waals surface area (Å²) < 4.78 is 0. The summed E-state index contributed by atoms with van der Waals surface area (Å²) in [6.45, 7) is 5.02. The summed E-state index contributed by atoms with van der Waals surface area (Å²) in [4.78, 5) is 13.1. The molecule has 0 aromatic heterocycles. The van der Waals surface area contributed by atoms with Gasteiger partial charge in [0.25, 0.3) is 5.91 Å². The molecule has 5 aliphatic rings. The van der Waals surface area contributed by atoms with E-state index in [1.807, 2.05) is 0 Å². The number of carbonyl (C=O) groups is 1. The first kappa shape index (κ1) is 15.1. The van der Waals surface area contributed by atoms with E-state index in [9.17, 15) is 4.79 Å². The second-order valence-electron chi connectivity index (χ2n) is 10.3. The lowest BCUT2D eigenvalue weighted by atomic mass is 9.17. The molecule has 27 heavy (non-hydrogen) atoms. The normalized spacial score (nSPS) is 42.8. The predicted octanol–water partition coefficient (Wildman–Crippen LogP) is 4.22. The smallest absolute Gasteiger partial charge is 0.258 e. The van der Waals surface area contributed by atoms with Crippen LogP contribution in [0.1, 0.15) is 38.7 Å². The minimum atomic E-state index is -0.375. The van der Waals surface area contributed by atoms with Crippen molar-refractivity contribution in [2.75, 3.05) is 0 Å². The lowest BCUT2D eigenvalue weighted by Gasteiger charge is -2.90. The number of hydrogen-bond acceptors (Lipinski definition) is 2. The van der Waals surface area contributed by atoms with E-state index in [4.69, 9.17) is 0 Å². The Morgan fingerprint density at radius 3 is 2.37 bits per heavy atom. The van der Waals surface area contributed by atoms with Crippen LogP contribution >= 0.6 is 0 Å². The van der Waals surface area contributed by atoms with Crippen molar-refractivity contribution < 1.29 is 4.79 Å². The van der Waals surface area contributed by atoms with Crippen molar-refractivity contribution in [3.63, 3.8) is 0 Å². The Morgan fingerprint density at radius 1 is 0.963 bits per heavy atom. The molecule has 7 rings (SSSR count). The van der Waals surface area contributed by atoms with Crippen LogP contribution < -0.4 is 0 Å². The Labute approximate surface area is 160 Å². The topological polar surface area (TPSA) is 23.6 Å². The zero-order chi connectivity index (χ0) is 18.1. The Hall–Kier alpha value is -1.87. The highest BCUT2D eigenvalue weighted by Gasteiger charge is 2.86. The van der Waals surface area contributed by atoms with Gasteiger partial charge in [0, 0.05) is 6.54 Å². The minimum absolute atomic E-state index is 0.342. The molecule has 0 radical (unpaired) electrons. The third kappa shape index (κ3) is 1.45. The van der Waals surface area contributed by atoms with E-state index in [0.29, 0.717) is 17.4 Å². The van der Waals surface area contributed by atoms with Gasteiger partial charge in [-0.15, -0.1) is 0 Å². The van der Waals surface area contributed by atoms with Crippen molar-refractivity contribution in [2.24, 2.45) is 29.1 Å². The molecule has 1 aliphatic heterocycles. The first-order valence-electron chi connectivity index (χ1n) is 10.6. The SMILES string of the molecule is CC1(C)C(=O)N(C2C3CC4CC5CC2C453)N1Cc1ccc2ccccc2c1. The van der Waals surface area contributed by atoms with E-state index in [1.54, 1.807) is 0 Å². The van der Waals surface area contributed by atoms with E-state index in [1.165, 1.54) is 35.6 Å². The molecule has 3 heteroatoms. The standard InChI is InChI=1S/C24H26N2O/c1-23(2)22(27)26(21-19-11-17-10-18-12-20(21)24(17,18)19)25(23)13-14-7-8-15-5-3-4-6-16(15)9-14/h3-9,17-21H,10-13H2,1-2H3. The zero-order valence-electron chi connectivity index (χ0n) is 16.1. The monoisotopic (exact) mass is 358 g/mol. The summed E-state index contributed by atoms with van der Waals surface area (Å²) in [7, 11) is 0. The van der Waals surface area contributed by atoms with Gasteiger partial charge in [-0.3, -0.25) is 9.80 Å². The molecule has 0 N–H and O–H groups in total.